The molecule has 0 radical (unpaired) electrons. The molecular formula is C18H25N7O. The van der Waals surface area contributed by atoms with Crippen molar-refractivity contribution in [2.24, 2.45) is 5.73 Å². The lowest BCUT2D eigenvalue weighted by Gasteiger charge is -2.37. The number of nitrogens with two attached hydrogens (primary N) is 2. The summed E-state index contributed by atoms with van der Waals surface area (Å²) in [5.74, 6) is 1.30. The molecule has 0 unspecified atom stereocenters. The molecule has 0 aliphatic carbocycles. The second-order valence-corrected chi connectivity index (χ2v) is 7.05. The van der Waals surface area contributed by atoms with Crippen LogP contribution in [0.15, 0.2) is 18.5 Å². The number of nitrogen functional groups attached to an aromatic ring is 1. The topological polar surface area (TPSA) is 127 Å². The van der Waals surface area contributed by atoms with E-state index in [1.807, 2.05) is 13.8 Å². The van der Waals surface area contributed by atoms with Gasteiger partial charge in [0.25, 0.3) is 0 Å². The molecule has 138 valence electrons. The van der Waals surface area contributed by atoms with Crippen LogP contribution in [0.25, 0.3) is 0 Å². The van der Waals surface area contributed by atoms with Gasteiger partial charge in [0.15, 0.2) is 11.5 Å². The Bertz CT molecular complexity index is 824. The zero-order valence-corrected chi connectivity index (χ0v) is 15.4. The van der Waals surface area contributed by atoms with Gasteiger partial charge in [0.05, 0.1) is 6.20 Å². The fraction of sp³-hybridized carbons (Fsp3) is 0.444. The van der Waals surface area contributed by atoms with Gasteiger partial charge in [-0.1, -0.05) is 0 Å². The Labute approximate surface area is 153 Å². The number of aromatic nitrogens is 3. The van der Waals surface area contributed by atoms with Crippen molar-refractivity contribution in [3.05, 3.63) is 35.4 Å². The Hall–Kier alpha value is -2.74. The molecule has 3 heterocycles. The van der Waals surface area contributed by atoms with Gasteiger partial charge < -0.3 is 21.1 Å². The summed E-state index contributed by atoms with van der Waals surface area (Å²) in [7, 11) is 0. The lowest BCUT2D eigenvalue weighted by Crippen LogP contribution is -2.48. The Balaban J connectivity index is 1.75. The predicted molar refractivity (Wildman–Crippen MR) is 102 cm³/mol. The molecule has 2 aromatic rings. The van der Waals surface area contributed by atoms with Crippen LogP contribution in [-0.4, -0.2) is 39.5 Å². The largest absolute Gasteiger partial charge is 0.437 e. The quantitative estimate of drug-likeness (QED) is 0.566. The van der Waals surface area contributed by atoms with Crippen molar-refractivity contribution in [2.45, 2.75) is 39.2 Å². The molecule has 0 bridgehead atoms. The van der Waals surface area contributed by atoms with Gasteiger partial charge in [0, 0.05) is 36.1 Å². The normalized spacial score (nSPS) is 16.4. The third-order valence-corrected chi connectivity index (χ3v) is 4.85. The van der Waals surface area contributed by atoms with Gasteiger partial charge in [-0.2, -0.15) is 0 Å². The first kappa shape index (κ1) is 18.1. The third kappa shape index (κ3) is 3.75. The van der Waals surface area contributed by atoms with E-state index in [0.717, 1.165) is 37.2 Å². The minimum Gasteiger partial charge on any atom is -0.437 e. The molecule has 8 heteroatoms. The Morgan fingerprint density at radius 3 is 2.62 bits per heavy atom. The molecule has 0 spiro atoms. The van der Waals surface area contributed by atoms with Crippen molar-refractivity contribution in [3.8, 4) is 5.75 Å². The van der Waals surface area contributed by atoms with Crippen molar-refractivity contribution >= 4 is 17.5 Å². The van der Waals surface area contributed by atoms with Gasteiger partial charge in [0.2, 0.25) is 5.90 Å². The molecule has 1 saturated heterocycles. The van der Waals surface area contributed by atoms with Gasteiger partial charge in [-0.05, 0) is 39.7 Å². The van der Waals surface area contributed by atoms with Crippen LogP contribution in [0.5, 0.6) is 5.75 Å². The number of nitrogens with one attached hydrogen (secondary N) is 1. The molecule has 0 amide bonds. The molecule has 3 rings (SSSR count). The SMILES string of the molecule is Cc1nccc(OC(=N)c2ncc(N3CCC(C)(N)CC3)nc2N)c1C. The van der Waals surface area contributed by atoms with Gasteiger partial charge in [-0.25, -0.2) is 9.97 Å². The maximum Gasteiger partial charge on any atom is 0.241 e. The number of hydrogen-bond acceptors (Lipinski definition) is 8. The fourth-order valence-electron chi connectivity index (χ4n) is 2.85. The first-order valence-electron chi connectivity index (χ1n) is 8.62. The average molecular weight is 355 g/mol. The van der Waals surface area contributed by atoms with Crippen molar-refractivity contribution < 1.29 is 4.74 Å². The molecule has 5 N–H and O–H groups in total. The van der Waals surface area contributed by atoms with Crippen LogP contribution in [-0.2, 0) is 0 Å². The Kier molecular flexibility index (Phi) is 4.78. The molecule has 1 aliphatic heterocycles. The summed E-state index contributed by atoms with van der Waals surface area (Å²) in [5.41, 5.74) is 14.0. The molecule has 26 heavy (non-hydrogen) atoms. The maximum atomic E-state index is 8.19. The minimum atomic E-state index is -0.136. The summed E-state index contributed by atoms with van der Waals surface area (Å²) in [6.45, 7) is 7.47. The number of pyridine rings is 1. The highest BCUT2D eigenvalue weighted by atomic mass is 16.5. The predicted octanol–water partition coefficient (Wildman–Crippen LogP) is 1.79. The maximum absolute atomic E-state index is 8.19. The van der Waals surface area contributed by atoms with Crippen LogP contribution < -0.4 is 21.1 Å². The number of piperidine rings is 1. The highest BCUT2D eigenvalue weighted by molar-refractivity contribution is 5.95. The molecule has 8 nitrogen and oxygen atoms in total. The summed E-state index contributed by atoms with van der Waals surface area (Å²) < 4.78 is 5.64. The number of rotatable bonds is 3. The molecule has 0 saturated carbocycles. The van der Waals surface area contributed by atoms with E-state index >= 15 is 0 Å². The molecule has 2 aromatic heterocycles. The van der Waals surface area contributed by atoms with Crippen molar-refractivity contribution in [3.63, 3.8) is 0 Å². The van der Waals surface area contributed by atoms with E-state index in [-0.39, 0.29) is 22.9 Å². The summed E-state index contributed by atoms with van der Waals surface area (Å²) in [5, 5.41) is 8.19. The first-order chi connectivity index (χ1) is 12.3. The fourth-order valence-corrected chi connectivity index (χ4v) is 2.85. The molecule has 0 aromatic carbocycles. The zero-order chi connectivity index (χ0) is 18.9. The summed E-state index contributed by atoms with van der Waals surface area (Å²) in [4.78, 5) is 15.0. The van der Waals surface area contributed by atoms with E-state index in [4.69, 9.17) is 21.6 Å². The number of anilines is 2. The van der Waals surface area contributed by atoms with Crippen LogP contribution in [0.1, 0.15) is 36.7 Å². The molecule has 0 atom stereocenters. The highest BCUT2D eigenvalue weighted by Gasteiger charge is 2.27. The number of ether oxygens (including phenoxy) is 1. The molecular weight excluding hydrogens is 330 g/mol. The second kappa shape index (κ2) is 6.87. The van der Waals surface area contributed by atoms with E-state index in [9.17, 15) is 0 Å². The van der Waals surface area contributed by atoms with Crippen LogP contribution in [0.3, 0.4) is 0 Å². The summed E-state index contributed by atoms with van der Waals surface area (Å²) in [6, 6.07) is 1.71. The highest BCUT2D eigenvalue weighted by Crippen LogP contribution is 2.25. The van der Waals surface area contributed by atoms with Gasteiger partial charge in [-0.3, -0.25) is 10.4 Å². The van der Waals surface area contributed by atoms with Crippen LogP contribution in [0.4, 0.5) is 11.6 Å². The second-order valence-electron chi connectivity index (χ2n) is 7.05. The number of hydrogen-bond donors (Lipinski definition) is 3. The van der Waals surface area contributed by atoms with E-state index in [1.54, 1.807) is 18.5 Å². The number of nitrogens with zero attached hydrogens (tertiary/aromatic N) is 4. The van der Waals surface area contributed by atoms with E-state index < -0.39 is 0 Å². The summed E-state index contributed by atoms with van der Waals surface area (Å²) >= 11 is 0. The van der Waals surface area contributed by atoms with Crippen molar-refractivity contribution in [2.75, 3.05) is 23.7 Å². The van der Waals surface area contributed by atoms with Gasteiger partial charge >= 0.3 is 0 Å². The van der Waals surface area contributed by atoms with Crippen LogP contribution in [0.2, 0.25) is 0 Å². The summed E-state index contributed by atoms with van der Waals surface area (Å²) in [6.07, 6.45) is 5.05. The monoisotopic (exact) mass is 355 g/mol. The van der Waals surface area contributed by atoms with Crippen LogP contribution in [0, 0.1) is 19.3 Å². The Morgan fingerprint density at radius 1 is 1.27 bits per heavy atom. The number of aryl methyl sites for hydroxylation is 1. The standard InChI is InChI=1S/C18H25N7O/c1-11-12(2)22-7-4-13(11)26-17(20)15-16(19)24-14(10-23-15)25-8-5-18(3,21)6-9-25/h4,7,10,20H,5-6,8-9,21H2,1-3H3,(H2,19,24). The lowest BCUT2D eigenvalue weighted by atomic mass is 9.91. The lowest BCUT2D eigenvalue weighted by molar-refractivity contribution is 0.363. The van der Waals surface area contributed by atoms with E-state index in [0.29, 0.717) is 11.6 Å². The average Bonchev–Trinajstić information content (AvgIpc) is 2.58. The molecule has 1 fully saturated rings. The van der Waals surface area contributed by atoms with Crippen molar-refractivity contribution in [1.82, 2.24) is 15.0 Å². The third-order valence-electron chi connectivity index (χ3n) is 4.85. The van der Waals surface area contributed by atoms with Crippen molar-refractivity contribution in [1.29, 1.82) is 5.41 Å². The Morgan fingerprint density at radius 2 is 1.96 bits per heavy atom. The molecule has 1 aliphatic rings. The zero-order valence-electron chi connectivity index (χ0n) is 15.4. The minimum absolute atomic E-state index is 0.133. The van der Waals surface area contributed by atoms with Crippen LogP contribution >= 0.6 is 0 Å². The van der Waals surface area contributed by atoms with Gasteiger partial charge in [0.1, 0.15) is 11.6 Å². The van der Waals surface area contributed by atoms with E-state index in [1.165, 1.54) is 0 Å². The first-order valence-corrected chi connectivity index (χ1v) is 8.62. The smallest absolute Gasteiger partial charge is 0.241 e. The van der Waals surface area contributed by atoms with Gasteiger partial charge in [-0.15, -0.1) is 0 Å². The van der Waals surface area contributed by atoms with E-state index in [2.05, 4.69) is 26.8 Å².